The van der Waals surface area contributed by atoms with Gasteiger partial charge in [0.2, 0.25) is 5.89 Å². The molecule has 3 aromatic rings. The van der Waals surface area contributed by atoms with Crippen molar-refractivity contribution in [1.29, 1.82) is 0 Å². The molecule has 2 aromatic heterocycles. The number of imidazole rings is 1. The molecule has 1 aliphatic carbocycles. The van der Waals surface area contributed by atoms with Crippen LogP contribution >= 0.6 is 0 Å². The van der Waals surface area contributed by atoms with Gasteiger partial charge in [0.1, 0.15) is 6.54 Å². The summed E-state index contributed by atoms with van der Waals surface area (Å²) in [6.45, 7) is 4.66. The summed E-state index contributed by atoms with van der Waals surface area (Å²) in [4.78, 5) is 8.98. The minimum Gasteiger partial charge on any atom is -0.337 e. The normalized spacial score (nSPS) is 16.6. The highest BCUT2D eigenvalue weighted by Crippen LogP contribution is 2.45. The number of rotatable bonds is 4. The lowest BCUT2D eigenvalue weighted by Gasteiger charge is -2.25. The van der Waals surface area contributed by atoms with E-state index in [1.165, 1.54) is 24.0 Å². The lowest BCUT2D eigenvalue weighted by molar-refractivity contribution is 0.354. The molecule has 0 saturated heterocycles. The van der Waals surface area contributed by atoms with Gasteiger partial charge in [-0.05, 0) is 32.3 Å². The zero-order valence-electron chi connectivity index (χ0n) is 14.2. The predicted octanol–water partition coefficient (Wildman–Crippen LogP) is 3.79. The fraction of sp³-hybridized carbons (Fsp3) is 0.421. The van der Waals surface area contributed by atoms with Gasteiger partial charge in [0.15, 0.2) is 5.82 Å². The second-order valence-electron chi connectivity index (χ2n) is 6.85. The van der Waals surface area contributed by atoms with E-state index in [1.807, 2.05) is 17.7 Å². The molecule has 0 N–H and O–H groups in total. The maximum atomic E-state index is 5.55. The van der Waals surface area contributed by atoms with E-state index in [1.54, 1.807) is 6.33 Å². The smallest absolute Gasteiger partial charge is 0.246 e. The Labute approximate surface area is 141 Å². The van der Waals surface area contributed by atoms with E-state index in [-0.39, 0.29) is 5.41 Å². The molecule has 4 rings (SSSR count). The first kappa shape index (κ1) is 15.1. The monoisotopic (exact) mass is 322 g/mol. The molecule has 5 nitrogen and oxygen atoms in total. The first-order chi connectivity index (χ1) is 11.7. The van der Waals surface area contributed by atoms with Crippen molar-refractivity contribution in [2.75, 3.05) is 0 Å². The molecule has 0 radical (unpaired) electrons. The lowest BCUT2D eigenvalue weighted by Crippen LogP contribution is -2.25. The van der Waals surface area contributed by atoms with Crippen LogP contribution in [0.3, 0.4) is 0 Å². The number of benzene rings is 1. The summed E-state index contributed by atoms with van der Waals surface area (Å²) in [5.41, 5.74) is 3.47. The van der Waals surface area contributed by atoms with E-state index in [0.717, 1.165) is 24.4 Å². The molecule has 2 heterocycles. The standard InChI is InChI=1S/C19H22N4O/c1-14-5-7-16(8-6-14)19(9-3-4-10-19)18-21-17(24-22-18)12-23-11-15(2)20-13-23/h5-8,11,13H,3-4,9-10,12H2,1-2H3. The third kappa shape index (κ3) is 2.64. The summed E-state index contributed by atoms with van der Waals surface area (Å²) >= 11 is 0. The molecule has 0 spiro atoms. The second kappa shape index (κ2) is 5.89. The van der Waals surface area contributed by atoms with Crippen molar-refractivity contribution in [3.63, 3.8) is 0 Å². The maximum absolute atomic E-state index is 5.55. The Morgan fingerprint density at radius 2 is 1.88 bits per heavy atom. The average Bonchev–Trinajstić information content (AvgIpc) is 3.30. The van der Waals surface area contributed by atoms with Gasteiger partial charge in [0.05, 0.1) is 17.4 Å². The van der Waals surface area contributed by atoms with Gasteiger partial charge in [-0.25, -0.2) is 4.98 Å². The van der Waals surface area contributed by atoms with Crippen molar-refractivity contribution in [2.24, 2.45) is 0 Å². The van der Waals surface area contributed by atoms with Crippen LogP contribution < -0.4 is 0 Å². The van der Waals surface area contributed by atoms with Crippen molar-refractivity contribution in [3.05, 3.63) is 65.3 Å². The molecule has 1 fully saturated rings. The zero-order valence-corrected chi connectivity index (χ0v) is 14.2. The Bertz CT molecular complexity index is 825. The lowest BCUT2D eigenvalue weighted by atomic mass is 9.78. The Hall–Kier alpha value is -2.43. The first-order valence-corrected chi connectivity index (χ1v) is 8.54. The number of nitrogens with zero attached hydrogens (tertiary/aromatic N) is 4. The van der Waals surface area contributed by atoms with E-state index in [4.69, 9.17) is 9.51 Å². The Morgan fingerprint density at radius 3 is 2.54 bits per heavy atom. The third-order valence-corrected chi connectivity index (χ3v) is 5.04. The number of aromatic nitrogens is 4. The van der Waals surface area contributed by atoms with E-state index < -0.39 is 0 Å². The molecule has 5 heteroatoms. The van der Waals surface area contributed by atoms with Crippen molar-refractivity contribution in [3.8, 4) is 0 Å². The van der Waals surface area contributed by atoms with Gasteiger partial charge in [-0.3, -0.25) is 0 Å². The SMILES string of the molecule is Cc1ccc(C2(c3noc(Cn4cnc(C)c4)n3)CCCC2)cc1. The highest BCUT2D eigenvalue weighted by molar-refractivity contribution is 5.35. The fourth-order valence-corrected chi connectivity index (χ4v) is 3.72. The molecule has 0 atom stereocenters. The minimum atomic E-state index is -0.0969. The minimum absolute atomic E-state index is 0.0969. The predicted molar refractivity (Wildman–Crippen MR) is 90.8 cm³/mol. The van der Waals surface area contributed by atoms with Gasteiger partial charge in [-0.15, -0.1) is 0 Å². The topological polar surface area (TPSA) is 56.7 Å². The number of hydrogen-bond donors (Lipinski definition) is 0. The summed E-state index contributed by atoms with van der Waals surface area (Å²) in [5, 5.41) is 4.35. The number of aryl methyl sites for hydroxylation is 2. The average molecular weight is 322 g/mol. The quantitative estimate of drug-likeness (QED) is 0.733. The molecule has 0 aliphatic heterocycles. The molecule has 1 aliphatic rings. The molecule has 1 aromatic carbocycles. The molecule has 1 saturated carbocycles. The van der Waals surface area contributed by atoms with E-state index in [0.29, 0.717) is 12.4 Å². The Kier molecular flexibility index (Phi) is 3.71. The molecular weight excluding hydrogens is 300 g/mol. The molecule has 0 amide bonds. The van der Waals surface area contributed by atoms with E-state index in [2.05, 4.69) is 41.3 Å². The Balaban J connectivity index is 1.66. The maximum Gasteiger partial charge on any atom is 0.246 e. The molecule has 0 unspecified atom stereocenters. The van der Waals surface area contributed by atoms with Gasteiger partial charge in [-0.2, -0.15) is 4.98 Å². The summed E-state index contributed by atoms with van der Waals surface area (Å²) in [6.07, 6.45) is 8.36. The van der Waals surface area contributed by atoms with Gasteiger partial charge in [0, 0.05) is 6.20 Å². The summed E-state index contributed by atoms with van der Waals surface area (Å²) in [6, 6.07) is 8.78. The van der Waals surface area contributed by atoms with Crippen LogP contribution in [0.5, 0.6) is 0 Å². The van der Waals surface area contributed by atoms with Gasteiger partial charge >= 0.3 is 0 Å². The van der Waals surface area contributed by atoms with Crippen LogP contribution in [-0.2, 0) is 12.0 Å². The second-order valence-corrected chi connectivity index (χ2v) is 6.85. The van der Waals surface area contributed by atoms with Crippen LogP contribution in [0.25, 0.3) is 0 Å². The van der Waals surface area contributed by atoms with Crippen LogP contribution in [0, 0.1) is 13.8 Å². The van der Waals surface area contributed by atoms with Crippen molar-refractivity contribution >= 4 is 0 Å². The van der Waals surface area contributed by atoms with E-state index in [9.17, 15) is 0 Å². The fourth-order valence-electron chi connectivity index (χ4n) is 3.72. The van der Waals surface area contributed by atoms with Crippen LogP contribution in [0.2, 0.25) is 0 Å². The third-order valence-electron chi connectivity index (χ3n) is 5.04. The van der Waals surface area contributed by atoms with Crippen LogP contribution in [0.4, 0.5) is 0 Å². The van der Waals surface area contributed by atoms with Crippen LogP contribution in [0.1, 0.15) is 54.2 Å². The van der Waals surface area contributed by atoms with Gasteiger partial charge < -0.3 is 9.09 Å². The van der Waals surface area contributed by atoms with Crippen LogP contribution in [-0.4, -0.2) is 19.7 Å². The molecule has 24 heavy (non-hydrogen) atoms. The highest BCUT2D eigenvalue weighted by Gasteiger charge is 2.41. The van der Waals surface area contributed by atoms with Crippen LogP contribution in [0.15, 0.2) is 41.3 Å². The van der Waals surface area contributed by atoms with Gasteiger partial charge in [0.25, 0.3) is 0 Å². The van der Waals surface area contributed by atoms with Gasteiger partial charge in [-0.1, -0.05) is 47.8 Å². The largest absolute Gasteiger partial charge is 0.337 e. The molecule has 0 bridgehead atoms. The molecule has 124 valence electrons. The van der Waals surface area contributed by atoms with Crippen molar-refractivity contribution in [2.45, 2.75) is 51.5 Å². The van der Waals surface area contributed by atoms with Crippen molar-refractivity contribution in [1.82, 2.24) is 19.7 Å². The summed E-state index contributed by atoms with van der Waals surface area (Å²) < 4.78 is 7.52. The highest BCUT2D eigenvalue weighted by atomic mass is 16.5. The van der Waals surface area contributed by atoms with Crippen molar-refractivity contribution < 1.29 is 4.52 Å². The number of hydrogen-bond acceptors (Lipinski definition) is 4. The first-order valence-electron chi connectivity index (χ1n) is 8.54. The summed E-state index contributed by atoms with van der Waals surface area (Å²) in [7, 11) is 0. The zero-order chi connectivity index (χ0) is 16.6. The van der Waals surface area contributed by atoms with E-state index >= 15 is 0 Å². The Morgan fingerprint density at radius 1 is 1.12 bits per heavy atom. The summed E-state index contributed by atoms with van der Waals surface area (Å²) in [5.74, 6) is 1.47. The molecular formula is C19H22N4O.